The summed E-state index contributed by atoms with van der Waals surface area (Å²) in [6.45, 7) is 4.78. The first kappa shape index (κ1) is 28.3. The minimum atomic E-state index is -0.154. The zero-order chi connectivity index (χ0) is 32.2. The van der Waals surface area contributed by atoms with Crippen LogP contribution in [0.5, 0.6) is 0 Å². The van der Waals surface area contributed by atoms with E-state index in [0.29, 0.717) is 0 Å². The Bertz CT molecular complexity index is 2460. The second-order valence-electron chi connectivity index (χ2n) is 13.4. The van der Waals surface area contributed by atoms with Gasteiger partial charge in [-0.05, 0) is 91.0 Å². The molecule has 0 heterocycles. The van der Waals surface area contributed by atoms with Crippen molar-refractivity contribution in [3.05, 3.63) is 187 Å². The summed E-state index contributed by atoms with van der Waals surface area (Å²) in [6, 6.07) is 64.3. The zero-order valence-corrected chi connectivity index (χ0v) is 27.2. The minimum Gasteiger partial charge on any atom is -0.310 e. The molecule has 0 aliphatic heterocycles. The normalized spacial score (nSPS) is 13.0. The van der Waals surface area contributed by atoms with E-state index in [1.165, 1.54) is 71.7 Å². The molecule has 228 valence electrons. The third-order valence-corrected chi connectivity index (χ3v) is 10.2. The summed E-state index contributed by atoms with van der Waals surface area (Å²) in [5.74, 6) is 0. The molecule has 0 unspecified atom stereocenters. The van der Waals surface area contributed by atoms with E-state index in [9.17, 15) is 0 Å². The Morgan fingerprint density at radius 3 is 1.77 bits per heavy atom. The van der Waals surface area contributed by atoms with Crippen molar-refractivity contribution < 1.29 is 0 Å². The molecule has 0 spiro atoms. The topological polar surface area (TPSA) is 3.24 Å². The van der Waals surface area contributed by atoms with Gasteiger partial charge in [0.2, 0.25) is 0 Å². The van der Waals surface area contributed by atoms with Gasteiger partial charge < -0.3 is 4.90 Å². The molecule has 0 saturated carbocycles. The van der Waals surface area contributed by atoms with Crippen molar-refractivity contribution in [2.24, 2.45) is 0 Å². The lowest BCUT2D eigenvalue weighted by Crippen LogP contribution is -2.16. The molecule has 0 radical (unpaired) electrons. The van der Waals surface area contributed by atoms with Crippen LogP contribution in [0, 0.1) is 0 Å². The first-order chi connectivity index (χ1) is 23.6. The second kappa shape index (κ2) is 11.1. The molecule has 0 bridgehead atoms. The Kier molecular flexibility index (Phi) is 6.55. The van der Waals surface area contributed by atoms with Gasteiger partial charge in [0.25, 0.3) is 0 Å². The zero-order valence-electron chi connectivity index (χ0n) is 27.2. The third-order valence-electron chi connectivity index (χ3n) is 10.2. The molecule has 1 nitrogen and oxygen atoms in total. The van der Waals surface area contributed by atoms with Gasteiger partial charge in [0, 0.05) is 22.2 Å². The number of rotatable bonds is 5. The molecule has 0 aromatic heterocycles. The Morgan fingerprint density at radius 1 is 0.417 bits per heavy atom. The summed E-state index contributed by atoms with van der Waals surface area (Å²) >= 11 is 0. The molecule has 1 aliphatic rings. The van der Waals surface area contributed by atoms with Crippen molar-refractivity contribution in [2.45, 2.75) is 19.3 Å². The van der Waals surface area contributed by atoms with Crippen LogP contribution < -0.4 is 4.90 Å². The van der Waals surface area contributed by atoms with E-state index < -0.39 is 0 Å². The lowest BCUT2D eigenvalue weighted by atomic mass is 9.79. The highest BCUT2D eigenvalue weighted by Gasteiger charge is 2.39. The van der Waals surface area contributed by atoms with Crippen molar-refractivity contribution >= 4 is 38.6 Å². The van der Waals surface area contributed by atoms with Crippen LogP contribution in [0.4, 0.5) is 17.1 Å². The third kappa shape index (κ3) is 4.47. The fourth-order valence-corrected chi connectivity index (χ4v) is 7.94. The van der Waals surface area contributed by atoms with Crippen LogP contribution in [-0.4, -0.2) is 0 Å². The van der Waals surface area contributed by atoms with Crippen LogP contribution in [-0.2, 0) is 5.41 Å². The maximum absolute atomic E-state index is 2.47. The Labute approximate surface area is 282 Å². The summed E-state index contributed by atoms with van der Waals surface area (Å²) in [6.07, 6.45) is 0. The predicted octanol–water partition coefficient (Wildman–Crippen LogP) is 13.1. The maximum atomic E-state index is 2.47. The van der Waals surface area contributed by atoms with Crippen LogP contribution in [0.2, 0.25) is 0 Å². The molecule has 0 saturated heterocycles. The van der Waals surface area contributed by atoms with E-state index in [1.54, 1.807) is 0 Å². The highest BCUT2D eigenvalue weighted by Crippen LogP contribution is 2.56. The van der Waals surface area contributed by atoms with Crippen molar-refractivity contribution in [3.8, 4) is 33.4 Å². The SMILES string of the molecule is CC1(C)c2cccc(-c3ccccc3)c2-c2cc(N(c3ccc(-c4ccccc4)cc3)c3ccc4ccccc4c3)c3ccccc3c21. The Balaban J connectivity index is 1.33. The molecule has 8 aromatic carbocycles. The quantitative estimate of drug-likeness (QED) is 0.187. The molecular formula is C47H35N. The van der Waals surface area contributed by atoms with Crippen molar-refractivity contribution in [2.75, 3.05) is 4.90 Å². The highest BCUT2D eigenvalue weighted by molar-refractivity contribution is 6.09. The molecule has 9 rings (SSSR count). The maximum Gasteiger partial charge on any atom is 0.0546 e. The fourth-order valence-electron chi connectivity index (χ4n) is 7.94. The van der Waals surface area contributed by atoms with Gasteiger partial charge in [0.05, 0.1) is 5.69 Å². The van der Waals surface area contributed by atoms with Gasteiger partial charge in [0.15, 0.2) is 0 Å². The van der Waals surface area contributed by atoms with Crippen LogP contribution in [0.3, 0.4) is 0 Å². The smallest absolute Gasteiger partial charge is 0.0546 e. The molecule has 0 N–H and O–H groups in total. The lowest BCUT2D eigenvalue weighted by molar-refractivity contribution is 0.666. The second-order valence-corrected chi connectivity index (χ2v) is 13.4. The average molecular weight is 614 g/mol. The number of hydrogen-bond donors (Lipinski definition) is 0. The van der Waals surface area contributed by atoms with E-state index >= 15 is 0 Å². The van der Waals surface area contributed by atoms with Crippen molar-refractivity contribution in [1.82, 2.24) is 0 Å². The monoisotopic (exact) mass is 613 g/mol. The molecule has 1 aliphatic carbocycles. The van der Waals surface area contributed by atoms with E-state index in [1.807, 2.05) is 0 Å². The first-order valence-electron chi connectivity index (χ1n) is 16.8. The van der Waals surface area contributed by atoms with Crippen LogP contribution in [0.15, 0.2) is 176 Å². The number of benzene rings is 8. The summed E-state index contributed by atoms with van der Waals surface area (Å²) in [4.78, 5) is 2.46. The Hall–Kier alpha value is -5.92. The van der Waals surface area contributed by atoms with Gasteiger partial charge >= 0.3 is 0 Å². The largest absolute Gasteiger partial charge is 0.310 e. The van der Waals surface area contributed by atoms with Gasteiger partial charge in [-0.25, -0.2) is 0 Å². The number of hydrogen-bond acceptors (Lipinski definition) is 1. The highest BCUT2D eigenvalue weighted by atomic mass is 15.1. The summed E-state index contributed by atoms with van der Waals surface area (Å²) in [7, 11) is 0. The first-order valence-corrected chi connectivity index (χ1v) is 16.8. The molecule has 0 atom stereocenters. The standard InChI is InChI=1S/C47H35N/c1-47(2)43-23-13-22-39(35-17-7-4-8-18-35)45(43)42-31-44(40-20-11-12-21-41(40)46(42)47)48(38-29-26-33-16-9-10-19-36(33)30-38)37-27-24-34(25-28-37)32-14-5-3-6-15-32/h3-31H,1-2H3. The van der Waals surface area contributed by atoms with Crippen LogP contribution in [0.25, 0.3) is 54.9 Å². The summed E-state index contributed by atoms with van der Waals surface area (Å²) in [5.41, 5.74) is 13.7. The average Bonchev–Trinajstić information content (AvgIpc) is 3.39. The van der Waals surface area contributed by atoms with Gasteiger partial charge in [-0.3, -0.25) is 0 Å². The van der Waals surface area contributed by atoms with Crippen molar-refractivity contribution in [3.63, 3.8) is 0 Å². The van der Waals surface area contributed by atoms with E-state index in [2.05, 4.69) is 195 Å². The molecule has 0 amide bonds. The van der Waals surface area contributed by atoms with Gasteiger partial charge in [-0.15, -0.1) is 0 Å². The lowest BCUT2D eigenvalue weighted by Gasteiger charge is -2.30. The number of fused-ring (bicyclic) bond motifs is 6. The van der Waals surface area contributed by atoms with Crippen LogP contribution >= 0.6 is 0 Å². The number of anilines is 3. The molecule has 8 aromatic rings. The van der Waals surface area contributed by atoms with E-state index in [-0.39, 0.29) is 5.41 Å². The van der Waals surface area contributed by atoms with E-state index in [0.717, 1.165) is 11.4 Å². The molecule has 1 heteroatoms. The molecular weight excluding hydrogens is 579 g/mol. The van der Waals surface area contributed by atoms with Gasteiger partial charge in [-0.1, -0.05) is 159 Å². The van der Waals surface area contributed by atoms with Gasteiger partial charge in [-0.2, -0.15) is 0 Å². The molecule has 48 heavy (non-hydrogen) atoms. The predicted molar refractivity (Wildman–Crippen MR) is 205 cm³/mol. The summed E-state index contributed by atoms with van der Waals surface area (Å²) < 4.78 is 0. The van der Waals surface area contributed by atoms with E-state index in [4.69, 9.17) is 0 Å². The molecule has 0 fully saturated rings. The van der Waals surface area contributed by atoms with Crippen LogP contribution in [0.1, 0.15) is 25.0 Å². The summed E-state index contributed by atoms with van der Waals surface area (Å²) in [5, 5.41) is 5.02. The minimum absolute atomic E-state index is 0.154. The van der Waals surface area contributed by atoms with Crippen molar-refractivity contribution in [1.29, 1.82) is 0 Å². The fraction of sp³-hybridized carbons (Fsp3) is 0.0638. The van der Waals surface area contributed by atoms with Gasteiger partial charge in [0.1, 0.15) is 0 Å². The Morgan fingerprint density at radius 2 is 1.02 bits per heavy atom. The number of nitrogens with zero attached hydrogens (tertiary/aromatic N) is 1.